The number of rotatable bonds is 7. The number of aliphatic imine (C=N–C) groups is 1. The Morgan fingerprint density at radius 3 is 2.27 bits per heavy atom. The van der Waals surface area contributed by atoms with Gasteiger partial charge in [-0.25, -0.2) is 0 Å². The first kappa shape index (κ1) is 26.4. The number of ether oxygens (including phenoxy) is 1. The predicted octanol–water partition coefficient (Wildman–Crippen LogP) is 10.1. The van der Waals surface area contributed by atoms with Gasteiger partial charge in [0.1, 0.15) is 5.75 Å². The monoisotopic (exact) mass is 604 g/mol. The lowest BCUT2D eigenvalue weighted by Crippen LogP contribution is -2.09. The van der Waals surface area contributed by atoms with Gasteiger partial charge in [0.15, 0.2) is 0 Å². The summed E-state index contributed by atoms with van der Waals surface area (Å²) in [6, 6.07) is 38.3. The Morgan fingerprint density at radius 1 is 0.850 bits per heavy atom. The quantitative estimate of drug-likeness (QED) is 0.173. The van der Waals surface area contributed by atoms with Crippen molar-refractivity contribution < 1.29 is 4.74 Å². The second-order valence-electron chi connectivity index (χ2n) is 9.79. The molecule has 6 rings (SSSR count). The van der Waals surface area contributed by atoms with E-state index in [1.54, 1.807) is 7.11 Å². The average Bonchev–Trinajstić information content (AvgIpc) is 3.39. The number of allylic oxidation sites excluding steroid dienone is 1. The molecule has 0 aliphatic heterocycles. The highest BCUT2D eigenvalue weighted by atomic mass is 79.9. The minimum Gasteiger partial charge on any atom is -0.497 e. The third-order valence-electron chi connectivity index (χ3n) is 7.11. The summed E-state index contributed by atoms with van der Waals surface area (Å²) in [5, 5.41) is 0. The standard InChI is InChI=1S/C35H29BrN2OS/c1-24-8-19-31(20-9-24)40-35-26(23-37-28-13-11-27(36)12-14-28)10-21-33-32(35)22-34(25-6-4-3-5-7-25)38(33)29-15-17-30(39-2)18-16-29/h3-9,11-20,22-23H,10,21H2,1-2H3. The van der Waals surface area contributed by atoms with Gasteiger partial charge < -0.3 is 9.30 Å². The number of hydrogen-bond acceptors (Lipinski definition) is 3. The molecule has 0 radical (unpaired) electrons. The van der Waals surface area contributed by atoms with Crippen molar-refractivity contribution >= 4 is 44.5 Å². The highest BCUT2D eigenvalue weighted by Gasteiger charge is 2.26. The fourth-order valence-electron chi connectivity index (χ4n) is 5.03. The molecular weight excluding hydrogens is 576 g/mol. The van der Waals surface area contributed by atoms with E-state index in [0.717, 1.165) is 34.4 Å². The van der Waals surface area contributed by atoms with Gasteiger partial charge >= 0.3 is 0 Å². The van der Waals surface area contributed by atoms with Crippen LogP contribution in [0.5, 0.6) is 5.75 Å². The molecule has 1 aromatic heterocycles. The zero-order valence-electron chi connectivity index (χ0n) is 22.5. The van der Waals surface area contributed by atoms with Crippen molar-refractivity contribution in [2.24, 2.45) is 4.99 Å². The van der Waals surface area contributed by atoms with Gasteiger partial charge in [-0.05, 0) is 97.6 Å². The zero-order valence-corrected chi connectivity index (χ0v) is 24.9. The Bertz CT molecular complexity index is 1680. The second-order valence-corrected chi connectivity index (χ2v) is 11.8. The van der Waals surface area contributed by atoms with Crippen LogP contribution in [0.15, 0.2) is 129 Å². The van der Waals surface area contributed by atoms with E-state index < -0.39 is 0 Å². The Balaban J connectivity index is 1.52. The van der Waals surface area contributed by atoms with Gasteiger partial charge in [-0.3, -0.25) is 4.99 Å². The van der Waals surface area contributed by atoms with E-state index in [-0.39, 0.29) is 0 Å². The van der Waals surface area contributed by atoms with Gasteiger partial charge in [0, 0.05) is 37.4 Å². The van der Waals surface area contributed by atoms with Gasteiger partial charge in [-0.15, -0.1) is 0 Å². The van der Waals surface area contributed by atoms with Crippen molar-refractivity contribution in [3.05, 3.63) is 136 Å². The van der Waals surface area contributed by atoms with Crippen LogP contribution >= 0.6 is 27.7 Å². The summed E-state index contributed by atoms with van der Waals surface area (Å²) in [7, 11) is 1.71. The summed E-state index contributed by atoms with van der Waals surface area (Å²) in [5.41, 5.74) is 9.56. The molecule has 0 amide bonds. The van der Waals surface area contributed by atoms with Crippen LogP contribution in [0.2, 0.25) is 0 Å². The predicted molar refractivity (Wildman–Crippen MR) is 172 cm³/mol. The highest BCUT2D eigenvalue weighted by Crippen LogP contribution is 2.46. The Labute approximate surface area is 248 Å². The molecule has 0 saturated heterocycles. The molecule has 3 nitrogen and oxygen atoms in total. The summed E-state index contributed by atoms with van der Waals surface area (Å²) in [5.74, 6) is 0.855. The van der Waals surface area contributed by atoms with Crippen LogP contribution in [-0.2, 0) is 6.42 Å². The molecule has 5 heteroatoms. The molecular formula is C35H29BrN2OS. The Hall–Kier alpha value is -3.80. The van der Waals surface area contributed by atoms with E-state index in [4.69, 9.17) is 9.73 Å². The van der Waals surface area contributed by atoms with Crippen molar-refractivity contribution in [1.82, 2.24) is 4.57 Å². The molecule has 0 unspecified atom stereocenters. The van der Waals surface area contributed by atoms with E-state index >= 15 is 0 Å². The van der Waals surface area contributed by atoms with E-state index in [2.05, 4.69) is 106 Å². The molecule has 0 fully saturated rings. The SMILES string of the molecule is COc1ccc(-n2c(-c3ccccc3)cc3c2CCC(C=Nc2ccc(Br)cc2)=C3Sc2ccc(C)cc2)cc1. The molecule has 0 saturated carbocycles. The minimum absolute atomic E-state index is 0.855. The average molecular weight is 606 g/mol. The normalized spacial score (nSPS) is 13.1. The first-order valence-electron chi connectivity index (χ1n) is 13.3. The van der Waals surface area contributed by atoms with E-state index in [0.29, 0.717) is 0 Å². The van der Waals surface area contributed by atoms with Crippen LogP contribution in [0.4, 0.5) is 5.69 Å². The summed E-state index contributed by atoms with van der Waals surface area (Å²) in [6.45, 7) is 2.13. The van der Waals surface area contributed by atoms with Crippen LogP contribution in [-0.4, -0.2) is 17.9 Å². The van der Waals surface area contributed by atoms with Crippen molar-refractivity contribution in [3.63, 3.8) is 0 Å². The van der Waals surface area contributed by atoms with Gasteiger partial charge in [0.2, 0.25) is 0 Å². The first-order valence-corrected chi connectivity index (χ1v) is 14.9. The maximum Gasteiger partial charge on any atom is 0.119 e. The van der Waals surface area contributed by atoms with Crippen LogP contribution in [0.3, 0.4) is 0 Å². The van der Waals surface area contributed by atoms with E-state index in [9.17, 15) is 0 Å². The maximum absolute atomic E-state index is 5.45. The number of benzene rings is 4. The van der Waals surface area contributed by atoms with Crippen molar-refractivity contribution in [1.29, 1.82) is 0 Å². The first-order chi connectivity index (χ1) is 19.6. The lowest BCUT2D eigenvalue weighted by Gasteiger charge is -2.21. The lowest BCUT2D eigenvalue weighted by atomic mass is 9.97. The molecule has 0 bridgehead atoms. The minimum atomic E-state index is 0.855. The number of aromatic nitrogens is 1. The number of thioether (sulfide) groups is 1. The number of aryl methyl sites for hydroxylation is 1. The largest absolute Gasteiger partial charge is 0.497 e. The summed E-state index contributed by atoms with van der Waals surface area (Å²) < 4.78 is 8.92. The van der Waals surface area contributed by atoms with Crippen molar-refractivity contribution in [3.8, 4) is 22.7 Å². The molecule has 198 valence electrons. The number of methoxy groups -OCH3 is 1. The Morgan fingerprint density at radius 2 is 1.57 bits per heavy atom. The van der Waals surface area contributed by atoms with Gasteiger partial charge in [-0.2, -0.15) is 0 Å². The van der Waals surface area contributed by atoms with Gasteiger partial charge in [0.05, 0.1) is 18.5 Å². The van der Waals surface area contributed by atoms with E-state index in [1.165, 1.54) is 43.5 Å². The fraction of sp³-hybridized carbons (Fsp3) is 0.114. The molecule has 40 heavy (non-hydrogen) atoms. The molecule has 1 aliphatic rings. The lowest BCUT2D eigenvalue weighted by molar-refractivity contribution is 0.414. The molecule has 5 aromatic rings. The van der Waals surface area contributed by atoms with Crippen LogP contribution in [0.25, 0.3) is 21.8 Å². The summed E-state index contributed by atoms with van der Waals surface area (Å²) in [4.78, 5) is 7.36. The second kappa shape index (κ2) is 11.7. The smallest absolute Gasteiger partial charge is 0.119 e. The maximum atomic E-state index is 5.45. The molecule has 0 spiro atoms. The van der Waals surface area contributed by atoms with Crippen molar-refractivity contribution in [2.45, 2.75) is 24.7 Å². The molecule has 4 aromatic carbocycles. The van der Waals surface area contributed by atoms with Crippen molar-refractivity contribution in [2.75, 3.05) is 7.11 Å². The van der Waals surface area contributed by atoms with Gasteiger partial charge in [-0.1, -0.05) is 75.7 Å². The Kier molecular flexibility index (Phi) is 7.76. The van der Waals surface area contributed by atoms with Crippen LogP contribution in [0.1, 0.15) is 23.2 Å². The molecule has 1 aliphatic carbocycles. The van der Waals surface area contributed by atoms with Crippen LogP contribution < -0.4 is 4.74 Å². The molecule has 1 heterocycles. The van der Waals surface area contributed by atoms with E-state index in [1.807, 2.05) is 48.2 Å². The third-order valence-corrected chi connectivity index (χ3v) is 8.83. The number of fused-ring (bicyclic) bond motifs is 1. The number of halogens is 1. The van der Waals surface area contributed by atoms with Crippen LogP contribution in [0, 0.1) is 6.92 Å². The topological polar surface area (TPSA) is 26.5 Å². The van der Waals surface area contributed by atoms with Gasteiger partial charge in [0.25, 0.3) is 0 Å². The number of nitrogens with zero attached hydrogens (tertiary/aromatic N) is 2. The summed E-state index contributed by atoms with van der Waals surface area (Å²) >= 11 is 5.35. The third kappa shape index (κ3) is 5.58. The zero-order chi connectivity index (χ0) is 27.5. The molecule has 0 N–H and O–H groups in total. The number of hydrogen-bond donors (Lipinski definition) is 0. The fourth-order valence-corrected chi connectivity index (χ4v) is 6.37. The summed E-state index contributed by atoms with van der Waals surface area (Å²) in [6.07, 6.45) is 3.90. The highest BCUT2D eigenvalue weighted by molar-refractivity contribution is 9.10. The molecule has 0 atom stereocenters.